The Kier molecular flexibility index (Phi) is 4.52. The highest BCUT2D eigenvalue weighted by molar-refractivity contribution is 6.32. The Balaban J connectivity index is 2.01. The van der Waals surface area contributed by atoms with Gasteiger partial charge in [0.1, 0.15) is 5.75 Å². The third kappa shape index (κ3) is 3.18. The Bertz CT molecular complexity index is 407. The minimum atomic E-state index is 0.161. The molecule has 0 aromatic heterocycles. The molecule has 2 unspecified atom stereocenters. The fourth-order valence-corrected chi connectivity index (χ4v) is 3.21. The van der Waals surface area contributed by atoms with Gasteiger partial charge in [-0.15, -0.1) is 0 Å². The van der Waals surface area contributed by atoms with Crippen LogP contribution in [0.5, 0.6) is 5.75 Å². The number of halogens is 1. The van der Waals surface area contributed by atoms with Crippen molar-refractivity contribution in [3.05, 3.63) is 28.8 Å². The molecule has 18 heavy (non-hydrogen) atoms. The van der Waals surface area contributed by atoms with Crippen LogP contribution in [0.25, 0.3) is 0 Å². The second-order valence-electron chi connectivity index (χ2n) is 5.53. The van der Waals surface area contributed by atoms with E-state index in [0.29, 0.717) is 11.1 Å². The summed E-state index contributed by atoms with van der Waals surface area (Å²) in [6, 6.07) is 6.16. The van der Waals surface area contributed by atoms with Crippen LogP contribution in [0.15, 0.2) is 18.2 Å². The standard InChI is InChI=1S/C15H22ClNO/c1-11-5-3-4-6-14(11)17(2)10-12-7-8-15(18)13(16)9-12/h7-9,11,14,18H,3-6,10H2,1-2H3. The molecule has 0 saturated heterocycles. The second-order valence-corrected chi connectivity index (χ2v) is 5.94. The van der Waals surface area contributed by atoms with Crippen LogP contribution < -0.4 is 0 Å². The Morgan fingerprint density at radius 3 is 2.72 bits per heavy atom. The monoisotopic (exact) mass is 267 g/mol. The molecule has 2 nitrogen and oxygen atoms in total. The van der Waals surface area contributed by atoms with E-state index in [-0.39, 0.29) is 5.75 Å². The average molecular weight is 268 g/mol. The van der Waals surface area contributed by atoms with Crippen LogP contribution in [0.4, 0.5) is 0 Å². The largest absolute Gasteiger partial charge is 0.506 e. The van der Waals surface area contributed by atoms with Crippen molar-refractivity contribution in [2.24, 2.45) is 5.92 Å². The fourth-order valence-electron chi connectivity index (χ4n) is 3.01. The summed E-state index contributed by atoms with van der Waals surface area (Å²) in [5, 5.41) is 9.87. The Labute approximate surface area is 115 Å². The van der Waals surface area contributed by atoms with Crippen molar-refractivity contribution >= 4 is 11.6 Å². The van der Waals surface area contributed by atoms with Gasteiger partial charge in [0.05, 0.1) is 5.02 Å². The Morgan fingerprint density at radius 2 is 2.06 bits per heavy atom. The molecule has 2 atom stereocenters. The summed E-state index contributed by atoms with van der Waals surface area (Å²) in [4.78, 5) is 2.42. The van der Waals surface area contributed by atoms with Gasteiger partial charge in [-0.25, -0.2) is 0 Å². The zero-order valence-corrected chi connectivity index (χ0v) is 12.0. The lowest BCUT2D eigenvalue weighted by atomic mass is 9.85. The van der Waals surface area contributed by atoms with Crippen LogP contribution in [0, 0.1) is 5.92 Å². The third-order valence-electron chi connectivity index (χ3n) is 4.08. The number of nitrogens with zero attached hydrogens (tertiary/aromatic N) is 1. The normalized spacial score (nSPS) is 24.4. The van der Waals surface area contributed by atoms with Crippen molar-refractivity contribution in [3.63, 3.8) is 0 Å². The van der Waals surface area contributed by atoms with Gasteiger partial charge in [0.15, 0.2) is 0 Å². The lowest BCUT2D eigenvalue weighted by Gasteiger charge is -2.36. The number of hydrogen-bond acceptors (Lipinski definition) is 2. The van der Waals surface area contributed by atoms with E-state index in [1.807, 2.05) is 12.1 Å². The van der Waals surface area contributed by atoms with E-state index in [1.54, 1.807) is 6.07 Å². The minimum absolute atomic E-state index is 0.161. The highest BCUT2D eigenvalue weighted by atomic mass is 35.5. The summed E-state index contributed by atoms with van der Waals surface area (Å²) < 4.78 is 0. The van der Waals surface area contributed by atoms with E-state index in [9.17, 15) is 5.11 Å². The first-order chi connectivity index (χ1) is 8.58. The molecule has 2 rings (SSSR count). The van der Waals surface area contributed by atoms with E-state index >= 15 is 0 Å². The van der Waals surface area contributed by atoms with Gasteiger partial charge in [-0.1, -0.05) is 37.4 Å². The molecule has 0 bridgehead atoms. The number of aromatic hydroxyl groups is 1. The van der Waals surface area contributed by atoms with Crippen molar-refractivity contribution in [2.45, 2.75) is 45.2 Å². The second kappa shape index (κ2) is 5.94. The van der Waals surface area contributed by atoms with Crippen LogP contribution in [0.3, 0.4) is 0 Å². The zero-order valence-electron chi connectivity index (χ0n) is 11.2. The van der Waals surface area contributed by atoms with E-state index < -0.39 is 0 Å². The van der Waals surface area contributed by atoms with E-state index in [0.717, 1.165) is 18.0 Å². The smallest absolute Gasteiger partial charge is 0.134 e. The van der Waals surface area contributed by atoms with Crippen molar-refractivity contribution in [2.75, 3.05) is 7.05 Å². The maximum atomic E-state index is 9.42. The highest BCUT2D eigenvalue weighted by Gasteiger charge is 2.24. The number of hydrogen-bond donors (Lipinski definition) is 1. The summed E-state index contributed by atoms with van der Waals surface area (Å²) in [6.45, 7) is 3.25. The highest BCUT2D eigenvalue weighted by Crippen LogP contribution is 2.29. The van der Waals surface area contributed by atoms with Gasteiger partial charge in [0.25, 0.3) is 0 Å². The number of phenols is 1. The van der Waals surface area contributed by atoms with Crippen molar-refractivity contribution in [1.29, 1.82) is 0 Å². The molecule has 0 amide bonds. The third-order valence-corrected chi connectivity index (χ3v) is 4.38. The van der Waals surface area contributed by atoms with Crippen LogP contribution in [0.1, 0.15) is 38.2 Å². The van der Waals surface area contributed by atoms with Gasteiger partial charge in [0, 0.05) is 12.6 Å². The molecule has 1 fully saturated rings. The van der Waals surface area contributed by atoms with Crippen LogP contribution in [-0.4, -0.2) is 23.1 Å². The first-order valence-electron chi connectivity index (χ1n) is 6.75. The zero-order chi connectivity index (χ0) is 13.1. The molecular weight excluding hydrogens is 246 g/mol. The quantitative estimate of drug-likeness (QED) is 0.893. The molecule has 0 spiro atoms. The van der Waals surface area contributed by atoms with E-state index in [1.165, 1.54) is 25.7 Å². The molecule has 0 aliphatic heterocycles. The number of benzene rings is 1. The fraction of sp³-hybridized carbons (Fsp3) is 0.600. The van der Waals surface area contributed by atoms with Gasteiger partial charge in [-0.3, -0.25) is 4.90 Å². The van der Waals surface area contributed by atoms with Gasteiger partial charge < -0.3 is 5.11 Å². The molecule has 0 heterocycles. The lowest BCUT2D eigenvalue weighted by Crippen LogP contribution is -2.38. The molecule has 0 radical (unpaired) electrons. The first-order valence-corrected chi connectivity index (χ1v) is 7.13. The maximum absolute atomic E-state index is 9.42. The summed E-state index contributed by atoms with van der Waals surface area (Å²) in [5.74, 6) is 0.936. The van der Waals surface area contributed by atoms with Gasteiger partial charge >= 0.3 is 0 Å². The molecular formula is C15H22ClNO. The minimum Gasteiger partial charge on any atom is -0.506 e. The topological polar surface area (TPSA) is 23.5 Å². The Hall–Kier alpha value is -0.730. The Morgan fingerprint density at radius 1 is 1.33 bits per heavy atom. The molecule has 100 valence electrons. The van der Waals surface area contributed by atoms with Crippen molar-refractivity contribution < 1.29 is 5.11 Å². The van der Waals surface area contributed by atoms with E-state index in [2.05, 4.69) is 18.9 Å². The van der Waals surface area contributed by atoms with Crippen LogP contribution in [-0.2, 0) is 6.54 Å². The molecule has 1 aromatic carbocycles. The molecule has 1 saturated carbocycles. The molecule has 3 heteroatoms. The van der Waals surface area contributed by atoms with Gasteiger partial charge in [-0.05, 0) is 43.5 Å². The summed E-state index contributed by atoms with van der Waals surface area (Å²) in [5.41, 5.74) is 1.16. The summed E-state index contributed by atoms with van der Waals surface area (Å²) >= 11 is 5.94. The maximum Gasteiger partial charge on any atom is 0.134 e. The van der Waals surface area contributed by atoms with E-state index in [4.69, 9.17) is 11.6 Å². The van der Waals surface area contributed by atoms with Gasteiger partial charge in [0.2, 0.25) is 0 Å². The van der Waals surface area contributed by atoms with Crippen molar-refractivity contribution in [1.82, 2.24) is 4.90 Å². The molecule has 1 aromatic rings. The molecule has 1 aliphatic carbocycles. The average Bonchev–Trinajstić information content (AvgIpc) is 2.34. The SMILES string of the molecule is CC1CCCCC1N(C)Cc1ccc(O)c(Cl)c1. The predicted octanol–water partition coefficient (Wildman–Crippen LogP) is 4.06. The van der Waals surface area contributed by atoms with Crippen molar-refractivity contribution in [3.8, 4) is 5.75 Å². The van der Waals surface area contributed by atoms with Crippen LogP contribution in [0.2, 0.25) is 5.02 Å². The predicted molar refractivity (Wildman–Crippen MR) is 76.0 cm³/mol. The molecule has 1 aliphatic rings. The summed E-state index contributed by atoms with van der Waals surface area (Å²) in [6.07, 6.45) is 5.35. The van der Waals surface area contributed by atoms with Gasteiger partial charge in [-0.2, -0.15) is 0 Å². The lowest BCUT2D eigenvalue weighted by molar-refractivity contribution is 0.133. The molecule has 1 N–H and O–H groups in total. The summed E-state index contributed by atoms with van der Waals surface area (Å²) in [7, 11) is 2.19. The first kappa shape index (κ1) is 13.7. The number of phenolic OH excluding ortho intramolecular Hbond substituents is 1. The number of rotatable bonds is 3. The van der Waals surface area contributed by atoms with Crippen LogP contribution >= 0.6 is 11.6 Å².